The number of thiophene rings is 1. The highest BCUT2D eigenvalue weighted by molar-refractivity contribution is 7.08. The maximum atomic E-state index is 4.69. The summed E-state index contributed by atoms with van der Waals surface area (Å²) in [6, 6.07) is 2.79. The third kappa shape index (κ3) is 3.07. The number of hydrogen-bond acceptors (Lipinski definition) is 3. The molecule has 1 fully saturated rings. The standard InChI is InChI=1S/C15H21N3S/c1-12-10-19-11-13(12)8-16-9-14-6-7-18(17-14)15-4-2-3-5-15/h6-7,10-11,15-16H,2-5,8-9H2,1H3. The second kappa shape index (κ2) is 5.88. The van der Waals surface area contributed by atoms with Crippen LogP contribution in [-0.2, 0) is 13.1 Å². The minimum Gasteiger partial charge on any atom is -0.307 e. The predicted octanol–water partition coefficient (Wildman–Crippen LogP) is 3.66. The van der Waals surface area contributed by atoms with Crippen molar-refractivity contribution in [2.24, 2.45) is 0 Å². The first kappa shape index (κ1) is 12.9. The Balaban J connectivity index is 1.51. The fourth-order valence-corrected chi connectivity index (χ4v) is 3.59. The van der Waals surface area contributed by atoms with Crippen LogP contribution in [0.4, 0.5) is 0 Å². The maximum Gasteiger partial charge on any atom is 0.0762 e. The fourth-order valence-electron chi connectivity index (χ4n) is 2.74. The quantitative estimate of drug-likeness (QED) is 0.902. The van der Waals surface area contributed by atoms with Crippen molar-refractivity contribution in [3.8, 4) is 0 Å². The van der Waals surface area contributed by atoms with E-state index in [1.54, 1.807) is 11.3 Å². The lowest BCUT2D eigenvalue weighted by molar-refractivity contribution is 0.461. The van der Waals surface area contributed by atoms with Gasteiger partial charge in [0.1, 0.15) is 0 Å². The molecular weight excluding hydrogens is 254 g/mol. The van der Waals surface area contributed by atoms with Gasteiger partial charge in [-0.2, -0.15) is 16.4 Å². The van der Waals surface area contributed by atoms with Crippen molar-refractivity contribution in [3.63, 3.8) is 0 Å². The first-order valence-corrected chi connectivity index (χ1v) is 8.03. The Morgan fingerprint density at radius 3 is 2.89 bits per heavy atom. The van der Waals surface area contributed by atoms with E-state index in [1.807, 2.05) is 0 Å². The van der Waals surface area contributed by atoms with Crippen LogP contribution in [0, 0.1) is 6.92 Å². The molecule has 0 unspecified atom stereocenters. The Morgan fingerprint density at radius 1 is 1.32 bits per heavy atom. The van der Waals surface area contributed by atoms with Gasteiger partial charge in [0.25, 0.3) is 0 Å². The summed E-state index contributed by atoms with van der Waals surface area (Å²) in [4.78, 5) is 0. The Kier molecular flexibility index (Phi) is 3.99. The Morgan fingerprint density at radius 2 is 2.16 bits per heavy atom. The number of nitrogens with one attached hydrogen (secondary N) is 1. The summed E-state index contributed by atoms with van der Waals surface area (Å²) in [6.07, 6.45) is 7.44. The molecule has 2 heterocycles. The summed E-state index contributed by atoms with van der Waals surface area (Å²) in [6.45, 7) is 3.96. The monoisotopic (exact) mass is 275 g/mol. The van der Waals surface area contributed by atoms with Gasteiger partial charge in [-0.15, -0.1) is 0 Å². The molecule has 0 saturated heterocycles. The topological polar surface area (TPSA) is 29.9 Å². The molecule has 0 amide bonds. The van der Waals surface area contributed by atoms with Crippen molar-refractivity contribution >= 4 is 11.3 Å². The SMILES string of the molecule is Cc1cscc1CNCc1ccn(C2CCCC2)n1. The molecule has 0 spiro atoms. The molecule has 1 N–H and O–H groups in total. The molecule has 3 rings (SSSR count). The zero-order valence-electron chi connectivity index (χ0n) is 11.4. The highest BCUT2D eigenvalue weighted by atomic mass is 32.1. The summed E-state index contributed by atoms with van der Waals surface area (Å²) < 4.78 is 2.17. The second-order valence-corrected chi connectivity index (χ2v) is 6.15. The lowest BCUT2D eigenvalue weighted by Crippen LogP contribution is -2.14. The van der Waals surface area contributed by atoms with Gasteiger partial charge in [0.05, 0.1) is 11.7 Å². The first-order chi connectivity index (χ1) is 9.33. The molecule has 0 atom stereocenters. The minimum atomic E-state index is 0.646. The van der Waals surface area contributed by atoms with E-state index in [0.29, 0.717) is 6.04 Å². The summed E-state index contributed by atoms with van der Waals surface area (Å²) in [5.74, 6) is 0. The number of hydrogen-bond donors (Lipinski definition) is 1. The van der Waals surface area contributed by atoms with Crippen LogP contribution in [0.25, 0.3) is 0 Å². The minimum absolute atomic E-state index is 0.646. The van der Waals surface area contributed by atoms with Gasteiger partial charge < -0.3 is 5.32 Å². The van der Waals surface area contributed by atoms with Gasteiger partial charge in [-0.3, -0.25) is 4.68 Å². The summed E-state index contributed by atoms with van der Waals surface area (Å²) in [5.41, 5.74) is 3.94. The molecule has 19 heavy (non-hydrogen) atoms. The molecular formula is C15H21N3S. The number of rotatable bonds is 5. The lowest BCUT2D eigenvalue weighted by Gasteiger charge is -2.09. The van der Waals surface area contributed by atoms with Crippen LogP contribution < -0.4 is 5.32 Å². The molecule has 1 saturated carbocycles. The van der Waals surface area contributed by atoms with Crippen LogP contribution in [0.1, 0.15) is 48.5 Å². The smallest absolute Gasteiger partial charge is 0.0762 e. The van der Waals surface area contributed by atoms with E-state index in [1.165, 1.54) is 36.8 Å². The third-order valence-electron chi connectivity index (χ3n) is 3.95. The molecule has 0 radical (unpaired) electrons. The van der Waals surface area contributed by atoms with Crippen LogP contribution >= 0.6 is 11.3 Å². The average Bonchev–Trinajstić information content (AvgIpc) is 3.11. The van der Waals surface area contributed by atoms with Gasteiger partial charge in [-0.25, -0.2) is 0 Å². The van der Waals surface area contributed by atoms with Crippen molar-refractivity contribution in [1.82, 2.24) is 15.1 Å². The molecule has 102 valence electrons. The van der Waals surface area contributed by atoms with Gasteiger partial charge in [-0.1, -0.05) is 12.8 Å². The number of aryl methyl sites for hydroxylation is 1. The zero-order chi connectivity index (χ0) is 13.1. The maximum absolute atomic E-state index is 4.69. The van der Waals surface area contributed by atoms with Crippen molar-refractivity contribution in [1.29, 1.82) is 0 Å². The van der Waals surface area contributed by atoms with Crippen LogP contribution in [0.5, 0.6) is 0 Å². The van der Waals surface area contributed by atoms with Gasteiger partial charge in [0, 0.05) is 19.3 Å². The summed E-state index contributed by atoms with van der Waals surface area (Å²) in [5, 5.41) is 12.6. The van der Waals surface area contributed by atoms with Crippen molar-refractivity contribution in [2.45, 2.75) is 51.7 Å². The predicted molar refractivity (Wildman–Crippen MR) is 79.3 cm³/mol. The largest absolute Gasteiger partial charge is 0.307 e. The average molecular weight is 275 g/mol. The molecule has 3 nitrogen and oxygen atoms in total. The molecule has 4 heteroatoms. The normalized spacial score (nSPS) is 16.3. The Hall–Kier alpha value is -1.13. The van der Waals surface area contributed by atoms with Gasteiger partial charge in [0.15, 0.2) is 0 Å². The lowest BCUT2D eigenvalue weighted by atomic mass is 10.2. The first-order valence-electron chi connectivity index (χ1n) is 7.09. The van der Waals surface area contributed by atoms with Gasteiger partial charge in [-0.05, 0) is 47.7 Å². The van der Waals surface area contributed by atoms with E-state index in [0.717, 1.165) is 18.8 Å². The molecule has 0 bridgehead atoms. The number of aromatic nitrogens is 2. The fraction of sp³-hybridized carbons (Fsp3) is 0.533. The molecule has 0 aliphatic heterocycles. The van der Waals surface area contributed by atoms with E-state index in [4.69, 9.17) is 5.10 Å². The summed E-state index contributed by atoms with van der Waals surface area (Å²) in [7, 11) is 0. The van der Waals surface area contributed by atoms with Crippen LogP contribution in [0.2, 0.25) is 0 Å². The highest BCUT2D eigenvalue weighted by Gasteiger charge is 2.17. The van der Waals surface area contributed by atoms with Crippen LogP contribution in [-0.4, -0.2) is 9.78 Å². The molecule has 2 aromatic heterocycles. The molecule has 1 aliphatic carbocycles. The molecule has 1 aliphatic rings. The van der Waals surface area contributed by atoms with Crippen LogP contribution in [0.3, 0.4) is 0 Å². The third-order valence-corrected chi connectivity index (χ3v) is 4.86. The molecule has 0 aromatic carbocycles. The van der Waals surface area contributed by atoms with E-state index >= 15 is 0 Å². The van der Waals surface area contributed by atoms with Crippen molar-refractivity contribution in [2.75, 3.05) is 0 Å². The summed E-state index contributed by atoms with van der Waals surface area (Å²) >= 11 is 1.77. The van der Waals surface area contributed by atoms with E-state index in [2.05, 4.69) is 39.9 Å². The van der Waals surface area contributed by atoms with E-state index in [-0.39, 0.29) is 0 Å². The van der Waals surface area contributed by atoms with Crippen LogP contribution in [0.15, 0.2) is 23.0 Å². The Labute approximate surface area is 118 Å². The van der Waals surface area contributed by atoms with E-state index < -0.39 is 0 Å². The number of nitrogens with zero attached hydrogens (tertiary/aromatic N) is 2. The zero-order valence-corrected chi connectivity index (χ0v) is 12.2. The van der Waals surface area contributed by atoms with Gasteiger partial charge in [0.2, 0.25) is 0 Å². The van der Waals surface area contributed by atoms with Gasteiger partial charge >= 0.3 is 0 Å². The van der Waals surface area contributed by atoms with E-state index in [9.17, 15) is 0 Å². The van der Waals surface area contributed by atoms with Crippen molar-refractivity contribution in [3.05, 3.63) is 39.8 Å². The molecule has 2 aromatic rings. The Bertz CT molecular complexity index is 523. The van der Waals surface area contributed by atoms with Crippen molar-refractivity contribution < 1.29 is 0 Å². The second-order valence-electron chi connectivity index (χ2n) is 5.41. The highest BCUT2D eigenvalue weighted by Crippen LogP contribution is 2.28.